The molecule has 0 aliphatic carbocycles. The normalized spacial score (nSPS) is 11.1. The zero-order valence-corrected chi connectivity index (χ0v) is 10.7. The number of thiocarbonyl (C=S) groups is 1. The summed E-state index contributed by atoms with van der Waals surface area (Å²) >= 11 is 4.71. The Kier molecular flexibility index (Phi) is 3.52. The van der Waals surface area contributed by atoms with Crippen molar-refractivity contribution < 1.29 is 4.39 Å². The van der Waals surface area contributed by atoms with E-state index in [1.165, 1.54) is 24.3 Å². The van der Waals surface area contributed by atoms with Gasteiger partial charge in [0.05, 0.1) is 11.4 Å². The fourth-order valence-corrected chi connectivity index (χ4v) is 1.55. The topological polar surface area (TPSA) is 88.5 Å². The summed E-state index contributed by atoms with van der Waals surface area (Å²) in [6.45, 7) is 1.65. The molecule has 98 valence electrons. The molecule has 0 aliphatic heterocycles. The number of hydrogen-bond acceptors (Lipinski definition) is 4. The maximum Gasteiger partial charge on any atom is 0.301 e. The Balaban J connectivity index is 2.36. The maximum absolute atomic E-state index is 12.7. The molecule has 1 heterocycles. The van der Waals surface area contributed by atoms with Crippen LogP contribution in [0, 0.1) is 12.7 Å². The summed E-state index contributed by atoms with van der Waals surface area (Å²) in [4.78, 5) is 11.9. The highest BCUT2D eigenvalue weighted by Gasteiger charge is 2.11. The van der Waals surface area contributed by atoms with Crippen molar-refractivity contribution in [2.24, 2.45) is 16.0 Å². The lowest BCUT2D eigenvalue weighted by atomic mass is 10.3. The Bertz CT molecular complexity index is 701. The highest BCUT2D eigenvalue weighted by atomic mass is 32.1. The van der Waals surface area contributed by atoms with Crippen molar-refractivity contribution in [3.8, 4) is 0 Å². The van der Waals surface area contributed by atoms with E-state index < -0.39 is 5.56 Å². The molecule has 0 bridgehead atoms. The highest BCUT2D eigenvalue weighted by Crippen LogP contribution is 2.17. The standard InChI is InChI=1S/C11H10FN5OS/c1-6-9(10(18)17(16-6)11(13)19)15-14-8-4-2-7(12)3-5-8/h2-5,16H,1H3,(H2,13,19). The number of hydrogen-bond donors (Lipinski definition) is 2. The minimum atomic E-state index is -0.476. The van der Waals surface area contributed by atoms with Crippen molar-refractivity contribution in [1.82, 2.24) is 9.78 Å². The largest absolute Gasteiger partial charge is 0.374 e. The molecular formula is C11H10FN5OS. The van der Waals surface area contributed by atoms with Gasteiger partial charge in [0, 0.05) is 0 Å². The van der Waals surface area contributed by atoms with E-state index in [2.05, 4.69) is 15.3 Å². The number of H-pyrrole nitrogens is 1. The third kappa shape index (κ3) is 2.74. The highest BCUT2D eigenvalue weighted by molar-refractivity contribution is 7.80. The lowest BCUT2D eigenvalue weighted by Crippen LogP contribution is -2.29. The third-order valence-electron chi connectivity index (χ3n) is 2.35. The monoisotopic (exact) mass is 279 g/mol. The lowest BCUT2D eigenvalue weighted by Gasteiger charge is -1.93. The van der Waals surface area contributed by atoms with E-state index in [0.29, 0.717) is 11.4 Å². The van der Waals surface area contributed by atoms with Crippen LogP contribution in [-0.2, 0) is 0 Å². The van der Waals surface area contributed by atoms with Gasteiger partial charge in [0.1, 0.15) is 5.82 Å². The minimum Gasteiger partial charge on any atom is -0.374 e. The average molecular weight is 279 g/mol. The van der Waals surface area contributed by atoms with E-state index in [1.54, 1.807) is 6.92 Å². The van der Waals surface area contributed by atoms with E-state index in [0.717, 1.165) is 4.68 Å². The summed E-state index contributed by atoms with van der Waals surface area (Å²) < 4.78 is 13.7. The summed E-state index contributed by atoms with van der Waals surface area (Å²) in [6, 6.07) is 5.41. The number of nitrogens with one attached hydrogen (secondary N) is 1. The fourth-order valence-electron chi connectivity index (χ4n) is 1.43. The molecular weight excluding hydrogens is 269 g/mol. The van der Waals surface area contributed by atoms with Gasteiger partial charge in [-0.2, -0.15) is 9.80 Å². The number of azo groups is 1. The molecule has 1 aromatic carbocycles. The third-order valence-corrected chi connectivity index (χ3v) is 2.54. The van der Waals surface area contributed by atoms with Crippen molar-refractivity contribution >= 4 is 28.7 Å². The first kappa shape index (κ1) is 13.1. The zero-order valence-electron chi connectivity index (χ0n) is 9.92. The van der Waals surface area contributed by atoms with E-state index in [9.17, 15) is 9.18 Å². The Hall–Kier alpha value is -2.35. The smallest absolute Gasteiger partial charge is 0.301 e. The van der Waals surface area contributed by atoms with Crippen LogP contribution in [0.5, 0.6) is 0 Å². The van der Waals surface area contributed by atoms with Gasteiger partial charge in [0.2, 0.25) is 0 Å². The van der Waals surface area contributed by atoms with E-state index >= 15 is 0 Å². The molecule has 0 saturated carbocycles. The molecule has 0 spiro atoms. The van der Waals surface area contributed by atoms with Crippen LogP contribution in [0.15, 0.2) is 39.3 Å². The molecule has 2 aromatic rings. The first-order valence-corrected chi connectivity index (χ1v) is 5.68. The zero-order chi connectivity index (χ0) is 14.0. The van der Waals surface area contributed by atoms with Crippen LogP contribution >= 0.6 is 12.2 Å². The molecule has 1 aromatic heterocycles. The van der Waals surface area contributed by atoms with Crippen LogP contribution in [0.4, 0.5) is 15.8 Å². The van der Waals surface area contributed by atoms with E-state index in [1.807, 2.05) is 0 Å². The van der Waals surface area contributed by atoms with Gasteiger partial charge in [0.25, 0.3) is 0 Å². The van der Waals surface area contributed by atoms with Crippen LogP contribution in [0.2, 0.25) is 0 Å². The van der Waals surface area contributed by atoms with Crippen molar-refractivity contribution in [3.05, 3.63) is 46.1 Å². The summed E-state index contributed by atoms with van der Waals surface area (Å²) in [5.41, 5.74) is 5.93. The van der Waals surface area contributed by atoms with Crippen molar-refractivity contribution in [3.63, 3.8) is 0 Å². The van der Waals surface area contributed by atoms with Gasteiger partial charge in [0.15, 0.2) is 10.8 Å². The molecule has 0 atom stereocenters. The average Bonchev–Trinajstić information content (AvgIpc) is 2.65. The van der Waals surface area contributed by atoms with E-state index in [4.69, 9.17) is 18.0 Å². The molecule has 3 N–H and O–H groups in total. The van der Waals surface area contributed by atoms with Crippen LogP contribution in [0.25, 0.3) is 0 Å². The number of nitrogens with zero attached hydrogens (tertiary/aromatic N) is 3. The second-order valence-electron chi connectivity index (χ2n) is 3.74. The quantitative estimate of drug-likeness (QED) is 0.652. The molecule has 0 saturated heterocycles. The number of nitrogens with two attached hydrogens (primary N) is 1. The number of aromatic nitrogens is 2. The summed E-state index contributed by atoms with van der Waals surface area (Å²) in [5, 5.41) is 10.3. The lowest BCUT2D eigenvalue weighted by molar-refractivity contribution is 0.628. The van der Waals surface area contributed by atoms with Gasteiger partial charge in [-0.05, 0) is 43.4 Å². The first-order valence-electron chi connectivity index (χ1n) is 5.28. The van der Waals surface area contributed by atoms with E-state index in [-0.39, 0.29) is 16.6 Å². The van der Waals surface area contributed by atoms with Gasteiger partial charge in [-0.25, -0.2) is 4.39 Å². The second kappa shape index (κ2) is 5.11. The van der Waals surface area contributed by atoms with Crippen LogP contribution in [0.1, 0.15) is 5.69 Å². The molecule has 0 amide bonds. The number of rotatable bonds is 2. The summed E-state index contributed by atoms with van der Waals surface area (Å²) in [7, 11) is 0. The SMILES string of the molecule is Cc1[nH]n(C(N)=S)c(=O)c1N=Nc1ccc(F)cc1. The van der Waals surface area contributed by atoms with Gasteiger partial charge < -0.3 is 5.73 Å². The van der Waals surface area contributed by atoms with Gasteiger partial charge >= 0.3 is 5.56 Å². The van der Waals surface area contributed by atoms with Crippen LogP contribution in [-0.4, -0.2) is 14.9 Å². The molecule has 8 heteroatoms. The number of benzene rings is 1. The molecule has 0 aliphatic rings. The van der Waals surface area contributed by atoms with Gasteiger partial charge in [-0.15, -0.1) is 5.11 Å². The van der Waals surface area contributed by atoms with Gasteiger partial charge in [-0.3, -0.25) is 9.89 Å². The summed E-state index contributed by atoms with van der Waals surface area (Å²) in [6.07, 6.45) is 0. The molecule has 19 heavy (non-hydrogen) atoms. The Morgan fingerprint density at radius 2 is 2.00 bits per heavy atom. The fraction of sp³-hybridized carbons (Fsp3) is 0.0909. The molecule has 0 unspecified atom stereocenters. The predicted octanol–water partition coefficient (Wildman–Crippen LogP) is 2.13. The Labute approximate surface area is 112 Å². The van der Waals surface area contributed by atoms with Crippen molar-refractivity contribution in [2.45, 2.75) is 6.92 Å². The number of halogens is 1. The van der Waals surface area contributed by atoms with Crippen LogP contribution in [0.3, 0.4) is 0 Å². The van der Waals surface area contributed by atoms with Gasteiger partial charge in [-0.1, -0.05) is 0 Å². The Morgan fingerprint density at radius 3 is 2.53 bits per heavy atom. The van der Waals surface area contributed by atoms with Crippen LogP contribution < -0.4 is 11.3 Å². The Morgan fingerprint density at radius 1 is 1.37 bits per heavy atom. The summed E-state index contributed by atoms with van der Waals surface area (Å²) in [5.74, 6) is -0.368. The molecule has 0 radical (unpaired) electrons. The second-order valence-corrected chi connectivity index (χ2v) is 4.16. The first-order chi connectivity index (χ1) is 8.99. The molecule has 0 fully saturated rings. The number of aromatic amines is 1. The number of aryl methyl sites for hydroxylation is 1. The maximum atomic E-state index is 12.7. The molecule has 6 nitrogen and oxygen atoms in total. The predicted molar refractivity (Wildman–Crippen MR) is 72.5 cm³/mol. The minimum absolute atomic E-state index is 0.101. The van der Waals surface area contributed by atoms with Crippen molar-refractivity contribution in [1.29, 1.82) is 0 Å². The van der Waals surface area contributed by atoms with Crippen molar-refractivity contribution in [2.75, 3.05) is 0 Å². The molecule has 2 rings (SSSR count).